The van der Waals surface area contributed by atoms with Crippen molar-refractivity contribution in [3.05, 3.63) is 30.3 Å². The summed E-state index contributed by atoms with van der Waals surface area (Å²) in [6, 6.07) is 8.35. The van der Waals surface area contributed by atoms with Gasteiger partial charge in [-0.05, 0) is 19.1 Å². The van der Waals surface area contributed by atoms with E-state index in [1.54, 1.807) is 30.3 Å². The molecule has 1 aromatic carbocycles. The maximum absolute atomic E-state index is 13.5. The smallest absolute Gasteiger partial charge is 0.263 e. The van der Waals surface area contributed by atoms with Crippen LogP contribution in [0.4, 0.5) is 5.69 Å². The largest absolute Gasteiger partial charge is 0.394 e. The molecule has 4 rings (SSSR count). The molecule has 7 atom stereocenters. The van der Waals surface area contributed by atoms with E-state index in [4.69, 9.17) is 4.74 Å². The fraction of sp³-hybridized carbons (Fsp3) is 0.500. The zero-order valence-corrected chi connectivity index (χ0v) is 19.3. The molecular weight excluding hydrogens is 462 g/mol. The van der Waals surface area contributed by atoms with Crippen molar-refractivity contribution in [1.29, 1.82) is 0 Å². The number of para-hydroxylation sites is 1. The zero-order chi connectivity index (χ0) is 25.7. The topological polar surface area (TPSA) is 181 Å². The van der Waals surface area contributed by atoms with E-state index in [1.807, 2.05) is 0 Å². The SMILES string of the molecule is CC(=O)N1C2N([C@@H]3O[C@H](CO)C(O)C3O)C=NC2(C(C)=O)C(=O)NC1(Nc1ccccc1)C(C)=O. The van der Waals surface area contributed by atoms with Crippen LogP contribution in [0, 0.1) is 0 Å². The van der Waals surface area contributed by atoms with E-state index in [9.17, 15) is 34.5 Å². The summed E-state index contributed by atoms with van der Waals surface area (Å²) in [5, 5.41) is 35.8. The predicted octanol–water partition coefficient (Wildman–Crippen LogP) is -2.24. The molecule has 2 amide bonds. The van der Waals surface area contributed by atoms with Crippen LogP contribution >= 0.6 is 0 Å². The molecule has 1 aromatic rings. The van der Waals surface area contributed by atoms with E-state index in [0.29, 0.717) is 5.69 Å². The molecule has 0 aromatic heterocycles. The van der Waals surface area contributed by atoms with Gasteiger partial charge in [0, 0.05) is 19.5 Å². The number of nitrogens with one attached hydrogen (secondary N) is 2. The molecule has 0 saturated carbocycles. The van der Waals surface area contributed by atoms with Crippen molar-refractivity contribution in [1.82, 2.24) is 15.1 Å². The average molecular weight is 489 g/mol. The standard InChI is InChI=1S/C22H27N5O8/c1-11(29)21-19(34)25-22(12(2)30,24-14-7-5-4-6-8-14)27(13(3)31)20(21)26(10-23-21)18-17(33)16(32)15(9-28)35-18/h4-8,10,15-18,20,24,28,32-33H,9H2,1-3H3,(H,25,34)/t15-,16?,17?,18-,20?,21?,22?/m1/s1. The highest BCUT2D eigenvalue weighted by molar-refractivity contribution is 6.16. The molecule has 188 valence electrons. The van der Waals surface area contributed by atoms with Gasteiger partial charge in [-0.2, -0.15) is 0 Å². The number of hydrogen-bond donors (Lipinski definition) is 5. The fourth-order valence-corrected chi connectivity index (χ4v) is 4.84. The van der Waals surface area contributed by atoms with Gasteiger partial charge in [0.15, 0.2) is 24.0 Å². The number of amides is 2. The van der Waals surface area contributed by atoms with Gasteiger partial charge in [0.25, 0.3) is 11.7 Å². The van der Waals surface area contributed by atoms with Gasteiger partial charge in [0.05, 0.1) is 12.9 Å². The van der Waals surface area contributed by atoms with Crippen molar-refractivity contribution in [2.24, 2.45) is 4.99 Å². The van der Waals surface area contributed by atoms with Gasteiger partial charge in [-0.25, -0.2) is 4.99 Å². The molecule has 0 spiro atoms. The van der Waals surface area contributed by atoms with E-state index in [2.05, 4.69) is 15.6 Å². The number of ketones is 2. The highest BCUT2D eigenvalue weighted by atomic mass is 16.6. The summed E-state index contributed by atoms with van der Waals surface area (Å²) >= 11 is 0. The molecule has 13 heteroatoms. The Balaban J connectivity index is 1.88. The van der Waals surface area contributed by atoms with Crippen LogP contribution in [0.25, 0.3) is 0 Å². The van der Waals surface area contributed by atoms with Gasteiger partial charge in [-0.3, -0.25) is 24.1 Å². The minimum absolute atomic E-state index is 0.392. The van der Waals surface area contributed by atoms with Crippen LogP contribution in [0.3, 0.4) is 0 Å². The maximum Gasteiger partial charge on any atom is 0.263 e. The third kappa shape index (κ3) is 3.50. The maximum atomic E-state index is 13.5. The van der Waals surface area contributed by atoms with Crippen molar-refractivity contribution in [2.75, 3.05) is 11.9 Å². The van der Waals surface area contributed by atoms with Gasteiger partial charge >= 0.3 is 0 Å². The summed E-state index contributed by atoms with van der Waals surface area (Å²) in [5.41, 5.74) is -1.79. The lowest BCUT2D eigenvalue weighted by atomic mass is 9.84. The molecule has 2 fully saturated rings. The van der Waals surface area contributed by atoms with Gasteiger partial charge < -0.3 is 35.6 Å². The second-order valence-electron chi connectivity index (χ2n) is 8.72. The van der Waals surface area contributed by atoms with Gasteiger partial charge in [-0.1, -0.05) is 18.2 Å². The first-order chi connectivity index (χ1) is 16.5. The molecule has 13 nitrogen and oxygen atoms in total. The number of rotatable bonds is 6. The predicted molar refractivity (Wildman–Crippen MR) is 119 cm³/mol. The number of carbonyl (C=O) groups is 4. The Labute approximate surface area is 200 Å². The highest BCUT2D eigenvalue weighted by Gasteiger charge is 2.70. The molecule has 3 aliphatic rings. The van der Waals surface area contributed by atoms with E-state index in [1.165, 1.54) is 6.92 Å². The second kappa shape index (κ2) is 8.68. The molecule has 35 heavy (non-hydrogen) atoms. The van der Waals surface area contributed by atoms with Crippen LogP contribution in [0.15, 0.2) is 35.3 Å². The number of Topliss-reactive ketones (excluding diaryl/α,β-unsaturated/α-hetero) is 2. The Morgan fingerprint density at radius 1 is 1.11 bits per heavy atom. The van der Waals surface area contributed by atoms with Gasteiger partial charge in [0.1, 0.15) is 18.3 Å². The number of carbonyl (C=O) groups excluding carboxylic acids is 4. The van der Waals surface area contributed by atoms with Crippen molar-refractivity contribution < 1.29 is 39.2 Å². The number of aliphatic hydroxyl groups excluding tert-OH is 3. The summed E-state index contributed by atoms with van der Waals surface area (Å²) < 4.78 is 5.60. The minimum Gasteiger partial charge on any atom is -0.394 e. The molecule has 0 aliphatic carbocycles. The zero-order valence-electron chi connectivity index (χ0n) is 19.3. The summed E-state index contributed by atoms with van der Waals surface area (Å²) in [6.07, 6.45) is -6.12. The second-order valence-corrected chi connectivity index (χ2v) is 8.72. The van der Waals surface area contributed by atoms with Crippen molar-refractivity contribution in [3.63, 3.8) is 0 Å². The van der Waals surface area contributed by atoms with Crippen molar-refractivity contribution >= 4 is 35.4 Å². The molecule has 0 bridgehead atoms. The molecule has 3 heterocycles. The van der Waals surface area contributed by atoms with Gasteiger partial charge in [-0.15, -0.1) is 0 Å². The lowest BCUT2D eigenvalue weighted by molar-refractivity contribution is -0.181. The number of aliphatic hydroxyl groups is 3. The van der Waals surface area contributed by atoms with Crippen LogP contribution in [0.2, 0.25) is 0 Å². The van der Waals surface area contributed by atoms with Crippen molar-refractivity contribution in [2.45, 2.75) is 62.8 Å². The summed E-state index contributed by atoms with van der Waals surface area (Å²) in [7, 11) is 0. The molecule has 2 saturated heterocycles. The quantitative estimate of drug-likeness (QED) is 0.274. The number of aliphatic imine (C=N–C) groups is 1. The Morgan fingerprint density at radius 3 is 2.29 bits per heavy atom. The van der Waals surface area contributed by atoms with Crippen LogP contribution in [-0.2, 0) is 23.9 Å². The van der Waals surface area contributed by atoms with E-state index < -0.39 is 72.0 Å². The third-order valence-corrected chi connectivity index (χ3v) is 6.59. The first-order valence-electron chi connectivity index (χ1n) is 10.9. The van der Waals surface area contributed by atoms with Gasteiger partial charge in [0.2, 0.25) is 11.4 Å². The highest BCUT2D eigenvalue weighted by Crippen LogP contribution is 2.41. The van der Waals surface area contributed by atoms with Crippen LogP contribution in [0.1, 0.15) is 20.8 Å². The van der Waals surface area contributed by atoms with E-state index in [-0.39, 0.29) is 0 Å². The number of nitrogens with zero attached hydrogens (tertiary/aromatic N) is 3. The van der Waals surface area contributed by atoms with Crippen LogP contribution in [0.5, 0.6) is 0 Å². The normalized spacial score (nSPS) is 36.1. The summed E-state index contributed by atoms with van der Waals surface area (Å²) in [5.74, 6) is -5.18. The fourth-order valence-electron chi connectivity index (χ4n) is 4.84. The molecular formula is C22H27N5O8. The molecule has 5 unspecified atom stereocenters. The number of ether oxygens (including phenoxy) is 1. The van der Waals surface area contributed by atoms with E-state index >= 15 is 0 Å². The number of benzene rings is 1. The lowest BCUT2D eigenvalue weighted by Gasteiger charge is -2.55. The monoisotopic (exact) mass is 489 g/mol. The molecule has 3 aliphatic heterocycles. The first-order valence-corrected chi connectivity index (χ1v) is 10.9. The Morgan fingerprint density at radius 2 is 1.77 bits per heavy atom. The summed E-state index contributed by atoms with van der Waals surface area (Å²) in [4.78, 5) is 59.0. The summed E-state index contributed by atoms with van der Waals surface area (Å²) in [6.45, 7) is 2.82. The molecule has 5 N–H and O–H groups in total. The third-order valence-electron chi connectivity index (χ3n) is 6.59. The number of fused-ring (bicyclic) bond motifs is 1. The first kappa shape index (κ1) is 24.7. The van der Waals surface area contributed by atoms with Crippen molar-refractivity contribution in [3.8, 4) is 0 Å². The lowest BCUT2D eigenvalue weighted by Crippen LogP contribution is -2.85. The average Bonchev–Trinajstić information content (AvgIpc) is 3.33. The Kier molecular flexibility index (Phi) is 6.13. The van der Waals surface area contributed by atoms with Crippen LogP contribution < -0.4 is 10.6 Å². The minimum atomic E-state index is -2.19. The van der Waals surface area contributed by atoms with E-state index in [0.717, 1.165) is 30.0 Å². The Bertz CT molecular complexity index is 1080. The number of anilines is 1. The molecule has 0 radical (unpaired) electrons. The Hall–Kier alpha value is -3.39. The number of hydrogen-bond acceptors (Lipinski definition) is 11. The van der Waals surface area contributed by atoms with Crippen LogP contribution in [-0.4, -0.2) is 103 Å².